The van der Waals surface area contributed by atoms with Gasteiger partial charge in [0.05, 0.1) is 0 Å². The molecule has 1 N–H and O–H groups in total. The summed E-state index contributed by atoms with van der Waals surface area (Å²) >= 11 is 1.33. The molecule has 1 saturated heterocycles. The van der Waals surface area contributed by atoms with Crippen LogP contribution >= 0.6 is 11.3 Å². The highest BCUT2D eigenvalue weighted by Crippen LogP contribution is 2.23. The molecule has 0 aromatic carbocycles. The normalized spacial score (nSPS) is 22.3. The first-order valence-electron chi connectivity index (χ1n) is 6.22. The number of aromatic carboxylic acids is 1. The fraction of sp³-hybridized carbons (Fsp3) is 0.615. The Morgan fingerprint density at radius 1 is 1.53 bits per heavy atom. The fourth-order valence-electron chi connectivity index (χ4n) is 2.44. The lowest BCUT2D eigenvalue weighted by Gasteiger charge is -2.26. The molecule has 17 heavy (non-hydrogen) atoms. The standard InChI is InChI=1S/C13H19NO2S/c1-10-5-3-2-4-7-14(10)9-11-6-8-17-12(11)13(15)16/h6,8,10H,2-5,7,9H2,1H3,(H,15,16). The summed E-state index contributed by atoms with van der Waals surface area (Å²) in [6.07, 6.45) is 5.06. The van der Waals surface area contributed by atoms with Crippen molar-refractivity contribution >= 4 is 17.3 Å². The summed E-state index contributed by atoms with van der Waals surface area (Å²) in [6.45, 7) is 4.13. The SMILES string of the molecule is CC1CCCCCN1Cc1ccsc1C(=O)O. The highest BCUT2D eigenvalue weighted by molar-refractivity contribution is 7.12. The number of thiophene rings is 1. The quantitative estimate of drug-likeness (QED) is 0.899. The first kappa shape index (κ1) is 12.6. The van der Waals surface area contributed by atoms with Gasteiger partial charge in [-0.25, -0.2) is 4.79 Å². The van der Waals surface area contributed by atoms with E-state index in [-0.39, 0.29) is 0 Å². The molecule has 2 heterocycles. The number of hydrogen-bond donors (Lipinski definition) is 1. The van der Waals surface area contributed by atoms with E-state index >= 15 is 0 Å². The van der Waals surface area contributed by atoms with E-state index in [1.807, 2.05) is 11.4 Å². The Hall–Kier alpha value is -0.870. The van der Waals surface area contributed by atoms with Crippen LogP contribution in [0.15, 0.2) is 11.4 Å². The second kappa shape index (κ2) is 5.65. The summed E-state index contributed by atoms with van der Waals surface area (Å²) in [5.41, 5.74) is 0.969. The van der Waals surface area contributed by atoms with Crippen molar-refractivity contribution in [1.82, 2.24) is 4.90 Å². The molecule has 0 spiro atoms. The van der Waals surface area contributed by atoms with Crippen molar-refractivity contribution in [2.24, 2.45) is 0 Å². The van der Waals surface area contributed by atoms with E-state index in [1.165, 1.54) is 37.0 Å². The van der Waals surface area contributed by atoms with Crippen LogP contribution in [0.3, 0.4) is 0 Å². The molecule has 3 nitrogen and oxygen atoms in total. The minimum Gasteiger partial charge on any atom is -0.477 e. The van der Waals surface area contributed by atoms with E-state index in [0.717, 1.165) is 18.7 Å². The van der Waals surface area contributed by atoms with Crippen LogP contribution in [-0.2, 0) is 6.54 Å². The maximum Gasteiger partial charge on any atom is 0.346 e. The fourth-order valence-corrected chi connectivity index (χ4v) is 3.19. The van der Waals surface area contributed by atoms with E-state index in [0.29, 0.717) is 10.9 Å². The van der Waals surface area contributed by atoms with Crippen molar-refractivity contribution in [3.8, 4) is 0 Å². The monoisotopic (exact) mass is 253 g/mol. The number of rotatable bonds is 3. The minimum absolute atomic E-state index is 0.501. The van der Waals surface area contributed by atoms with Crippen LogP contribution in [0.5, 0.6) is 0 Å². The molecule has 1 atom stereocenters. The molecule has 1 aliphatic rings. The zero-order valence-corrected chi connectivity index (χ0v) is 11.0. The molecule has 0 saturated carbocycles. The molecule has 0 aliphatic carbocycles. The van der Waals surface area contributed by atoms with Gasteiger partial charge in [0.1, 0.15) is 4.88 Å². The molecule has 4 heteroatoms. The first-order chi connectivity index (χ1) is 8.18. The van der Waals surface area contributed by atoms with E-state index in [4.69, 9.17) is 5.11 Å². The van der Waals surface area contributed by atoms with Crippen molar-refractivity contribution in [3.63, 3.8) is 0 Å². The Morgan fingerprint density at radius 2 is 2.35 bits per heavy atom. The van der Waals surface area contributed by atoms with Gasteiger partial charge in [-0.3, -0.25) is 4.90 Å². The van der Waals surface area contributed by atoms with Crippen LogP contribution in [0.25, 0.3) is 0 Å². The van der Waals surface area contributed by atoms with E-state index < -0.39 is 5.97 Å². The molecule has 1 aliphatic heterocycles. The number of carboxylic acid groups (broad SMARTS) is 1. The van der Waals surface area contributed by atoms with Gasteiger partial charge in [-0.15, -0.1) is 11.3 Å². The molecule has 0 bridgehead atoms. The van der Waals surface area contributed by atoms with Crippen molar-refractivity contribution in [2.45, 2.75) is 45.2 Å². The lowest BCUT2D eigenvalue weighted by molar-refractivity contribution is 0.0699. The van der Waals surface area contributed by atoms with Crippen molar-refractivity contribution in [2.75, 3.05) is 6.54 Å². The van der Waals surface area contributed by atoms with Crippen LogP contribution in [0.1, 0.15) is 47.8 Å². The predicted octanol–water partition coefficient (Wildman–Crippen LogP) is 3.21. The third-order valence-corrected chi connectivity index (χ3v) is 4.45. The molecule has 1 aromatic heterocycles. The smallest absolute Gasteiger partial charge is 0.346 e. The molecule has 0 radical (unpaired) electrons. The van der Waals surface area contributed by atoms with Crippen LogP contribution in [0, 0.1) is 0 Å². The molecule has 1 fully saturated rings. The van der Waals surface area contributed by atoms with Gasteiger partial charge in [0.25, 0.3) is 0 Å². The van der Waals surface area contributed by atoms with Crippen LogP contribution in [-0.4, -0.2) is 28.6 Å². The van der Waals surface area contributed by atoms with Crippen molar-refractivity contribution < 1.29 is 9.90 Å². The Balaban J connectivity index is 2.08. The van der Waals surface area contributed by atoms with Crippen LogP contribution in [0.2, 0.25) is 0 Å². The van der Waals surface area contributed by atoms with Gasteiger partial charge in [0, 0.05) is 12.6 Å². The molecule has 2 rings (SSSR count). The molecule has 94 valence electrons. The van der Waals surface area contributed by atoms with Crippen molar-refractivity contribution in [1.29, 1.82) is 0 Å². The summed E-state index contributed by atoms with van der Waals surface area (Å²) in [5.74, 6) is -0.794. The predicted molar refractivity (Wildman–Crippen MR) is 69.6 cm³/mol. The number of carbonyl (C=O) groups is 1. The molecular weight excluding hydrogens is 234 g/mol. The van der Waals surface area contributed by atoms with Gasteiger partial charge in [-0.2, -0.15) is 0 Å². The zero-order chi connectivity index (χ0) is 12.3. The maximum atomic E-state index is 11.1. The summed E-state index contributed by atoms with van der Waals surface area (Å²) in [7, 11) is 0. The molecular formula is C13H19NO2S. The summed E-state index contributed by atoms with van der Waals surface area (Å²) in [6, 6.07) is 2.52. The number of nitrogens with zero attached hydrogens (tertiary/aromatic N) is 1. The Morgan fingerprint density at radius 3 is 3.12 bits per heavy atom. The maximum absolute atomic E-state index is 11.1. The van der Waals surface area contributed by atoms with Gasteiger partial charge in [-0.1, -0.05) is 12.8 Å². The average Bonchev–Trinajstić information content (AvgIpc) is 2.66. The highest BCUT2D eigenvalue weighted by atomic mass is 32.1. The lowest BCUT2D eigenvalue weighted by atomic mass is 10.1. The summed E-state index contributed by atoms with van der Waals surface area (Å²) in [5, 5.41) is 11.0. The zero-order valence-electron chi connectivity index (χ0n) is 10.2. The third kappa shape index (κ3) is 3.07. The minimum atomic E-state index is -0.794. The Labute approximate surface area is 106 Å². The summed E-state index contributed by atoms with van der Waals surface area (Å²) in [4.78, 5) is 14.0. The van der Waals surface area contributed by atoms with Crippen molar-refractivity contribution in [3.05, 3.63) is 21.9 Å². The van der Waals surface area contributed by atoms with Crippen LogP contribution < -0.4 is 0 Å². The van der Waals surface area contributed by atoms with Gasteiger partial charge >= 0.3 is 5.97 Å². The van der Waals surface area contributed by atoms with E-state index in [2.05, 4.69) is 11.8 Å². The van der Waals surface area contributed by atoms with Gasteiger partial charge in [-0.05, 0) is 43.3 Å². The van der Waals surface area contributed by atoms with E-state index in [9.17, 15) is 4.79 Å². The van der Waals surface area contributed by atoms with Gasteiger partial charge in [0.15, 0.2) is 0 Å². The number of carboxylic acids is 1. The second-order valence-electron chi connectivity index (χ2n) is 4.75. The van der Waals surface area contributed by atoms with Gasteiger partial charge < -0.3 is 5.11 Å². The van der Waals surface area contributed by atoms with Gasteiger partial charge in [0.2, 0.25) is 0 Å². The first-order valence-corrected chi connectivity index (χ1v) is 7.10. The molecule has 1 aromatic rings. The third-order valence-electron chi connectivity index (χ3n) is 3.51. The highest BCUT2D eigenvalue weighted by Gasteiger charge is 2.20. The van der Waals surface area contributed by atoms with E-state index in [1.54, 1.807) is 0 Å². The lowest BCUT2D eigenvalue weighted by Crippen LogP contribution is -2.32. The summed E-state index contributed by atoms with van der Waals surface area (Å²) < 4.78 is 0. The largest absolute Gasteiger partial charge is 0.477 e. The number of likely N-dealkylation sites (tertiary alicyclic amines) is 1. The average molecular weight is 253 g/mol. The number of hydrogen-bond acceptors (Lipinski definition) is 3. The molecule has 1 unspecified atom stereocenters. The van der Waals surface area contributed by atoms with Crippen LogP contribution in [0.4, 0.5) is 0 Å². The molecule has 0 amide bonds. The Kier molecular flexibility index (Phi) is 4.18. The second-order valence-corrected chi connectivity index (χ2v) is 5.67. The Bertz CT molecular complexity index is 389. The topological polar surface area (TPSA) is 40.5 Å².